The van der Waals surface area contributed by atoms with Crippen molar-refractivity contribution in [3.8, 4) is 11.5 Å². The van der Waals surface area contributed by atoms with Crippen LogP contribution in [-0.2, 0) is 10.5 Å². The Bertz CT molecular complexity index is 1230. The van der Waals surface area contributed by atoms with Crippen LogP contribution in [0.4, 0.5) is 0 Å². The molecular weight excluding hydrogens is 518 g/mol. The predicted molar refractivity (Wildman–Crippen MR) is 147 cm³/mol. The number of phenolic OH excluding ortho intramolecular Hbond substituents is 1. The number of esters is 1. The van der Waals surface area contributed by atoms with Gasteiger partial charge in [-0.1, -0.05) is 23.7 Å². The third-order valence-corrected chi connectivity index (χ3v) is 8.86. The third kappa shape index (κ3) is 6.92. The van der Waals surface area contributed by atoms with Crippen molar-refractivity contribution in [2.45, 2.75) is 25.0 Å². The zero-order valence-electron chi connectivity index (χ0n) is 20.3. The van der Waals surface area contributed by atoms with Crippen LogP contribution in [0, 0.1) is 0 Å². The van der Waals surface area contributed by atoms with Gasteiger partial charge >= 0.3 is 5.97 Å². The summed E-state index contributed by atoms with van der Waals surface area (Å²) in [6, 6.07) is 12.3. The molecule has 0 aliphatic carbocycles. The second kappa shape index (κ2) is 12.3. The summed E-state index contributed by atoms with van der Waals surface area (Å²) in [5.41, 5.74) is 0.199. The summed E-state index contributed by atoms with van der Waals surface area (Å²) in [5, 5.41) is 15.1. The summed E-state index contributed by atoms with van der Waals surface area (Å²) < 4.78 is 6.04. The molecule has 0 spiro atoms. The van der Waals surface area contributed by atoms with Gasteiger partial charge in [0.2, 0.25) is 0 Å². The molecule has 2 aromatic carbocycles. The van der Waals surface area contributed by atoms with Crippen LogP contribution >= 0.6 is 34.7 Å². The Hall–Kier alpha value is -2.30. The Morgan fingerprint density at radius 2 is 1.97 bits per heavy atom. The number of carbonyl (C=O) groups excluding carboxylic acids is 2. The van der Waals surface area contributed by atoms with Gasteiger partial charge in [-0.3, -0.25) is 19.4 Å². The molecule has 0 bridgehead atoms. The number of halogens is 1. The van der Waals surface area contributed by atoms with E-state index in [1.807, 2.05) is 23.9 Å². The van der Waals surface area contributed by atoms with Crippen molar-refractivity contribution in [2.24, 2.45) is 0 Å². The molecule has 0 radical (unpaired) electrons. The molecule has 7 nitrogen and oxygen atoms in total. The van der Waals surface area contributed by atoms with Gasteiger partial charge in [-0.25, -0.2) is 0 Å². The number of thioether (sulfide) groups is 1. The standard InChI is InChI=1S/C26H30ClN3O4S2/c1-17(35-16-20-6-7-25(27)36-20)30-12-10-29(11-13-30)9-8-28-26(33)22-14-19-4-3-5-24(34-18(2)31)21(19)15-23(22)32/h3-7,14-15,17,32H,8-13,16H2,1-2H3,(H,28,33). The van der Waals surface area contributed by atoms with E-state index in [4.69, 9.17) is 16.3 Å². The molecule has 1 fully saturated rings. The van der Waals surface area contributed by atoms with Crippen LogP contribution in [0.15, 0.2) is 42.5 Å². The van der Waals surface area contributed by atoms with Crippen LogP contribution in [0.25, 0.3) is 10.8 Å². The number of amides is 1. The summed E-state index contributed by atoms with van der Waals surface area (Å²) in [4.78, 5) is 30.2. The first-order chi connectivity index (χ1) is 17.3. The van der Waals surface area contributed by atoms with Gasteiger partial charge in [0.05, 0.1) is 15.3 Å². The van der Waals surface area contributed by atoms with Crippen LogP contribution in [0.1, 0.15) is 29.1 Å². The lowest BCUT2D eigenvalue weighted by atomic mass is 10.0. The number of phenols is 1. The molecule has 1 aliphatic heterocycles. The fraction of sp³-hybridized carbons (Fsp3) is 0.385. The molecule has 1 saturated heterocycles. The van der Waals surface area contributed by atoms with E-state index >= 15 is 0 Å². The monoisotopic (exact) mass is 547 g/mol. The van der Waals surface area contributed by atoms with Crippen molar-refractivity contribution in [1.29, 1.82) is 0 Å². The number of hydrogen-bond acceptors (Lipinski definition) is 8. The number of carbonyl (C=O) groups is 2. The highest BCUT2D eigenvalue weighted by molar-refractivity contribution is 7.99. The first kappa shape index (κ1) is 26.8. The highest BCUT2D eigenvalue weighted by Crippen LogP contribution is 2.32. The summed E-state index contributed by atoms with van der Waals surface area (Å²) in [6.07, 6.45) is 0. The molecule has 1 unspecified atom stereocenters. The molecule has 0 saturated carbocycles. The van der Waals surface area contributed by atoms with Gasteiger partial charge in [-0.15, -0.1) is 23.1 Å². The second-order valence-corrected chi connectivity index (χ2v) is 11.8. The molecule has 2 N–H and O–H groups in total. The van der Waals surface area contributed by atoms with Crippen molar-refractivity contribution in [2.75, 3.05) is 39.3 Å². The first-order valence-electron chi connectivity index (χ1n) is 11.8. The van der Waals surface area contributed by atoms with E-state index in [1.165, 1.54) is 17.9 Å². The van der Waals surface area contributed by atoms with Crippen molar-refractivity contribution in [1.82, 2.24) is 15.1 Å². The fourth-order valence-electron chi connectivity index (χ4n) is 4.22. The maximum atomic E-state index is 12.8. The minimum absolute atomic E-state index is 0.149. The molecule has 1 atom stereocenters. The van der Waals surface area contributed by atoms with Crippen molar-refractivity contribution < 1.29 is 19.4 Å². The van der Waals surface area contributed by atoms with Gasteiger partial charge < -0.3 is 15.2 Å². The minimum Gasteiger partial charge on any atom is -0.507 e. The first-order valence-corrected chi connectivity index (χ1v) is 14.1. The zero-order chi connectivity index (χ0) is 25.7. The molecule has 1 amide bonds. The molecule has 192 valence electrons. The van der Waals surface area contributed by atoms with E-state index in [0.717, 1.165) is 42.8 Å². The molecule has 10 heteroatoms. The predicted octanol–water partition coefficient (Wildman–Crippen LogP) is 4.81. The highest BCUT2D eigenvalue weighted by atomic mass is 35.5. The number of fused-ring (bicyclic) bond motifs is 1. The summed E-state index contributed by atoms with van der Waals surface area (Å²) >= 11 is 9.60. The van der Waals surface area contributed by atoms with Crippen LogP contribution in [-0.4, -0.2) is 71.4 Å². The van der Waals surface area contributed by atoms with Gasteiger partial charge in [-0.2, -0.15) is 0 Å². The molecular formula is C26H30ClN3O4S2. The number of hydrogen-bond donors (Lipinski definition) is 2. The Morgan fingerprint density at radius 3 is 2.67 bits per heavy atom. The summed E-state index contributed by atoms with van der Waals surface area (Å²) in [5.74, 6) is 0.401. The number of benzene rings is 2. The number of thiophene rings is 1. The van der Waals surface area contributed by atoms with E-state index in [2.05, 4.69) is 28.1 Å². The maximum Gasteiger partial charge on any atom is 0.308 e. The van der Waals surface area contributed by atoms with Crippen LogP contribution in [0.5, 0.6) is 11.5 Å². The Kier molecular flexibility index (Phi) is 9.14. The van der Waals surface area contributed by atoms with E-state index in [1.54, 1.807) is 29.5 Å². The summed E-state index contributed by atoms with van der Waals surface area (Å²) in [7, 11) is 0. The van der Waals surface area contributed by atoms with E-state index < -0.39 is 5.97 Å². The normalized spacial score (nSPS) is 15.6. The van der Waals surface area contributed by atoms with Gasteiger partial charge in [0.15, 0.2) is 0 Å². The number of rotatable bonds is 9. The maximum absolute atomic E-state index is 12.8. The number of ether oxygens (including phenoxy) is 1. The fourth-order valence-corrected chi connectivity index (χ4v) is 6.47. The lowest BCUT2D eigenvalue weighted by Crippen LogP contribution is -2.50. The molecule has 1 aliphatic rings. The average molecular weight is 548 g/mol. The van der Waals surface area contributed by atoms with Crippen molar-refractivity contribution in [3.05, 3.63) is 57.2 Å². The molecule has 36 heavy (non-hydrogen) atoms. The van der Waals surface area contributed by atoms with Crippen LogP contribution in [0.2, 0.25) is 4.34 Å². The SMILES string of the molecule is CC(=O)Oc1cccc2cc(C(=O)NCCN3CCN(C(C)SCc4ccc(Cl)s4)CC3)c(O)cc12. The van der Waals surface area contributed by atoms with Gasteiger partial charge in [0.1, 0.15) is 11.5 Å². The van der Waals surface area contributed by atoms with Gasteiger partial charge in [0.25, 0.3) is 5.91 Å². The molecule has 4 rings (SSSR count). The van der Waals surface area contributed by atoms with E-state index in [0.29, 0.717) is 28.4 Å². The topological polar surface area (TPSA) is 82.1 Å². The molecule has 1 aromatic heterocycles. The van der Waals surface area contributed by atoms with E-state index in [9.17, 15) is 14.7 Å². The minimum atomic E-state index is -0.443. The van der Waals surface area contributed by atoms with E-state index in [-0.39, 0.29) is 17.2 Å². The average Bonchev–Trinajstić information content (AvgIpc) is 3.27. The van der Waals surface area contributed by atoms with Crippen LogP contribution < -0.4 is 10.1 Å². The molecule has 3 aromatic rings. The Labute approximate surface area is 224 Å². The highest BCUT2D eigenvalue weighted by Gasteiger charge is 2.22. The van der Waals surface area contributed by atoms with Crippen LogP contribution in [0.3, 0.4) is 0 Å². The quantitative estimate of drug-likeness (QED) is 0.294. The largest absolute Gasteiger partial charge is 0.507 e. The Morgan fingerprint density at radius 1 is 1.19 bits per heavy atom. The number of piperazine rings is 1. The lowest BCUT2D eigenvalue weighted by molar-refractivity contribution is -0.131. The number of aromatic hydroxyl groups is 1. The summed E-state index contributed by atoms with van der Waals surface area (Å²) in [6.45, 7) is 8.70. The van der Waals surface area contributed by atoms with Crippen molar-refractivity contribution in [3.63, 3.8) is 0 Å². The van der Waals surface area contributed by atoms with Gasteiger partial charge in [0, 0.05) is 62.2 Å². The number of nitrogens with one attached hydrogen (secondary N) is 1. The lowest BCUT2D eigenvalue weighted by Gasteiger charge is -2.37. The van der Waals surface area contributed by atoms with Crippen molar-refractivity contribution >= 4 is 57.3 Å². The third-order valence-electron chi connectivity index (χ3n) is 6.19. The smallest absolute Gasteiger partial charge is 0.308 e. The van der Waals surface area contributed by atoms with Gasteiger partial charge in [-0.05, 0) is 42.6 Å². The second-order valence-electron chi connectivity index (χ2n) is 8.69. The number of nitrogens with zero attached hydrogens (tertiary/aromatic N) is 2. The molecule has 2 heterocycles. The zero-order valence-corrected chi connectivity index (χ0v) is 22.7. The Balaban J connectivity index is 1.23.